The van der Waals surface area contributed by atoms with E-state index in [2.05, 4.69) is 42.4 Å². The lowest BCUT2D eigenvalue weighted by Crippen LogP contribution is -2.43. The molecule has 0 amide bonds. The van der Waals surface area contributed by atoms with Crippen LogP contribution in [0.3, 0.4) is 0 Å². The fraction of sp³-hybridized carbons (Fsp3) is 0.733. The van der Waals surface area contributed by atoms with Gasteiger partial charge >= 0.3 is 0 Å². The van der Waals surface area contributed by atoms with Crippen LogP contribution < -0.4 is 5.32 Å². The summed E-state index contributed by atoms with van der Waals surface area (Å²) in [6, 6.07) is 2.97. The van der Waals surface area contributed by atoms with Crippen LogP contribution >= 0.6 is 11.3 Å². The Kier molecular flexibility index (Phi) is 5.22. The molecule has 2 heterocycles. The van der Waals surface area contributed by atoms with Gasteiger partial charge in [0.2, 0.25) is 0 Å². The van der Waals surface area contributed by atoms with Gasteiger partial charge in [-0.05, 0) is 55.8 Å². The number of hydrogen-bond acceptors (Lipinski definition) is 3. The number of nitrogens with zero attached hydrogens (tertiary/aromatic N) is 1. The highest BCUT2D eigenvalue weighted by atomic mass is 32.1. The van der Waals surface area contributed by atoms with Gasteiger partial charge in [-0.25, -0.2) is 0 Å². The summed E-state index contributed by atoms with van der Waals surface area (Å²) in [5, 5.41) is 5.79. The Morgan fingerprint density at radius 1 is 1.44 bits per heavy atom. The summed E-state index contributed by atoms with van der Waals surface area (Å²) in [4.78, 5) is 4.25. The van der Waals surface area contributed by atoms with E-state index in [0.29, 0.717) is 6.04 Å². The minimum absolute atomic E-state index is 0.669. The van der Waals surface area contributed by atoms with Crippen molar-refractivity contribution in [3.63, 3.8) is 0 Å². The fourth-order valence-electron chi connectivity index (χ4n) is 2.65. The first-order chi connectivity index (χ1) is 8.72. The van der Waals surface area contributed by atoms with E-state index < -0.39 is 0 Å². The van der Waals surface area contributed by atoms with E-state index in [1.807, 2.05) is 11.3 Å². The standard InChI is InChI=1S/C15H26N2S/c1-4-7-16-10-12(2)13(3)17-8-5-15-14(11-17)6-9-18-15/h6,9,12-13,16H,4-5,7-8,10-11H2,1-3H3. The molecule has 1 aromatic rings. The van der Waals surface area contributed by atoms with Crippen LogP contribution in [0.25, 0.3) is 0 Å². The Morgan fingerprint density at radius 3 is 3.06 bits per heavy atom. The molecule has 18 heavy (non-hydrogen) atoms. The molecule has 0 fully saturated rings. The zero-order valence-corrected chi connectivity index (χ0v) is 12.7. The molecule has 3 heteroatoms. The maximum Gasteiger partial charge on any atom is 0.0247 e. The van der Waals surface area contributed by atoms with Crippen LogP contribution in [0.4, 0.5) is 0 Å². The zero-order chi connectivity index (χ0) is 13.0. The van der Waals surface area contributed by atoms with Crippen LogP contribution in [-0.2, 0) is 13.0 Å². The van der Waals surface area contributed by atoms with E-state index in [9.17, 15) is 0 Å². The summed E-state index contributed by atoms with van der Waals surface area (Å²) in [6.07, 6.45) is 2.47. The van der Waals surface area contributed by atoms with Crippen molar-refractivity contribution in [1.29, 1.82) is 0 Å². The average molecular weight is 266 g/mol. The van der Waals surface area contributed by atoms with Gasteiger partial charge in [0.05, 0.1) is 0 Å². The second-order valence-electron chi connectivity index (χ2n) is 5.51. The Hall–Kier alpha value is -0.380. The summed E-state index contributed by atoms with van der Waals surface area (Å²) in [5.74, 6) is 0.719. The fourth-order valence-corrected chi connectivity index (χ4v) is 3.54. The molecule has 2 unspecified atom stereocenters. The Labute approximate surface area is 115 Å². The van der Waals surface area contributed by atoms with Gasteiger partial charge < -0.3 is 5.32 Å². The molecule has 2 rings (SSSR count). The predicted octanol–water partition coefficient (Wildman–Crippen LogP) is 3.13. The van der Waals surface area contributed by atoms with Crippen molar-refractivity contribution in [3.8, 4) is 0 Å². The van der Waals surface area contributed by atoms with Crippen LogP contribution in [0.5, 0.6) is 0 Å². The van der Waals surface area contributed by atoms with Gasteiger partial charge in [-0.1, -0.05) is 13.8 Å². The number of thiophene rings is 1. The summed E-state index contributed by atoms with van der Waals surface area (Å²) >= 11 is 1.93. The van der Waals surface area contributed by atoms with E-state index in [4.69, 9.17) is 0 Å². The van der Waals surface area contributed by atoms with Crippen LogP contribution in [0.1, 0.15) is 37.6 Å². The van der Waals surface area contributed by atoms with E-state index in [-0.39, 0.29) is 0 Å². The van der Waals surface area contributed by atoms with Gasteiger partial charge in [-0.2, -0.15) is 0 Å². The van der Waals surface area contributed by atoms with E-state index >= 15 is 0 Å². The van der Waals surface area contributed by atoms with Crippen LogP contribution in [0, 0.1) is 5.92 Å². The Balaban J connectivity index is 1.84. The SMILES string of the molecule is CCCNCC(C)C(C)N1CCc2sccc2C1. The minimum Gasteiger partial charge on any atom is -0.316 e. The molecular formula is C15H26N2S. The van der Waals surface area contributed by atoms with Crippen molar-refractivity contribution < 1.29 is 0 Å². The van der Waals surface area contributed by atoms with Gasteiger partial charge in [-0.15, -0.1) is 11.3 Å². The van der Waals surface area contributed by atoms with Gasteiger partial charge in [0.1, 0.15) is 0 Å². The largest absolute Gasteiger partial charge is 0.316 e. The monoisotopic (exact) mass is 266 g/mol. The number of rotatable bonds is 6. The smallest absolute Gasteiger partial charge is 0.0247 e. The first kappa shape index (κ1) is 14.0. The highest BCUT2D eigenvalue weighted by Gasteiger charge is 2.24. The summed E-state index contributed by atoms with van der Waals surface area (Å²) in [6.45, 7) is 11.6. The van der Waals surface area contributed by atoms with Gasteiger partial charge in [0, 0.05) is 24.0 Å². The van der Waals surface area contributed by atoms with Gasteiger partial charge in [0.15, 0.2) is 0 Å². The molecule has 0 saturated heterocycles. The van der Waals surface area contributed by atoms with Crippen molar-refractivity contribution in [1.82, 2.24) is 10.2 Å². The van der Waals surface area contributed by atoms with Crippen LogP contribution in [0.2, 0.25) is 0 Å². The quantitative estimate of drug-likeness (QED) is 0.796. The molecule has 0 bridgehead atoms. The number of nitrogens with one attached hydrogen (secondary N) is 1. The molecule has 2 atom stereocenters. The van der Waals surface area contributed by atoms with E-state index in [0.717, 1.165) is 25.6 Å². The third-order valence-electron chi connectivity index (χ3n) is 4.13. The summed E-state index contributed by atoms with van der Waals surface area (Å²) in [7, 11) is 0. The van der Waals surface area contributed by atoms with Crippen molar-refractivity contribution in [3.05, 3.63) is 21.9 Å². The maximum atomic E-state index is 3.54. The van der Waals surface area contributed by atoms with E-state index in [1.54, 1.807) is 10.4 Å². The second-order valence-corrected chi connectivity index (χ2v) is 6.51. The Morgan fingerprint density at radius 2 is 2.28 bits per heavy atom. The molecule has 0 radical (unpaired) electrons. The van der Waals surface area contributed by atoms with E-state index in [1.165, 1.54) is 19.4 Å². The molecule has 0 aromatic carbocycles. The van der Waals surface area contributed by atoms with Crippen molar-refractivity contribution >= 4 is 11.3 Å². The highest BCUT2D eigenvalue weighted by molar-refractivity contribution is 7.10. The van der Waals surface area contributed by atoms with Crippen molar-refractivity contribution in [2.45, 2.75) is 46.2 Å². The topological polar surface area (TPSA) is 15.3 Å². The first-order valence-corrected chi connectivity index (χ1v) is 8.10. The Bertz CT molecular complexity index is 361. The number of hydrogen-bond donors (Lipinski definition) is 1. The zero-order valence-electron chi connectivity index (χ0n) is 11.9. The molecular weight excluding hydrogens is 240 g/mol. The van der Waals surface area contributed by atoms with Crippen LogP contribution in [0.15, 0.2) is 11.4 Å². The lowest BCUT2D eigenvalue weighted by Gasteiger charge is -2.36. The molecule has 1 aromatic heterocycles. The third-order valence-corrected chi connectivity index (χ3v) is 5.15. The van der Waals surface area contributed by atoms with Gasteiger partial charge in [-0.3, -0.25) is 4.90 Å². The molecule has 0 saturated carbocycles. The molecule has 102 valence electrons. The number of fused-ring (bicyclic) bond motifs is 1. The lowest BCUT2D eigenvalue weighted by atomic mass is 9.99. The van der Waals surface area contributed by atoms with Crippen LogP contribution in [-0.4, -0.2) is 30.6 Å². The van der Waals surface area contributed by atoms with Crippen molar-refractivity contribution in [2.75, 3.05) is 19.6 Å². The molecule has 1 aliphatic rings. The summed E-state index contributed by atoms with van der Waals surface area (Å²) in [5.41, 5.74) is 1.56. The molecule has 0 spiro atoms. The molecule has 0 aliphatic carbocycles. The lowest BCUT2D eigenvalue weighted by molar-refractivity contribution is 0.145. The normalized spacial score (nSPS) is 19.5. The molecule has 2 nitrogen and oxygen atoms in total. The summed E-state index contributed by atoms with van der Waals surface area (Å²) < 4.78 is 0. The molecule has 1 aliphatic heterocycles. The minimum atomic E-state index is 0.669. The first-order valence-electron chi connectivity index (χ1n) is 7.22. The molecule has 1 N–H and O–H groups in total. The second kappa shape index (κ2) is 6.69. The van der Waals surface area contributed by atoms with Gasteiger partial charge in [0.25, 0.3) is 0 Å². The highest BCUT2D eigenvalue weighted by Crippen LogP contribution is 2.26. The van der Waals surface area contributed by atoms with Crippen molar-refractivity contribution in [2.24, 2.45) is 5.92 Å². The predicted molar refractivity (Wildman–Crippen MR) is 80.2 cm³/mol. The maximum absolute atomic E-state index is 3.54. The average Bonchev–Trinajstić information content (AvgIpc) is 2.85. The third kappa shape index (κ3) is 3.34.